The molecule has 2 amide bonds. The molecule has 1 heterocycles. The van der Waals surface area contributed by atoms with E-state index in [0.717, 1.165) is 0 Å². The minimum atomic E-state index is -1.15. The quantitative estimate of drug-likeness (QED) is 0.439. The highest BCUT2D eigenvalue weighted by Crippen LogP contribution is 2.15. The summed E-state index contributed by atoms with van der Waals surface area (Å²) in [4.78, 5) is 50.2. The Labute approximate surface area is 143 Å². The van der Waals surface area contributed by atoms with Crippen LogP contribution in [0.5, 0.6) is 5.75 Å². The number of hydroxylamine groups is 2. The molecule has 0 atom stereocenters. The van der Waals surface area contributed by atoms with Crippen LogP contribution in [0, 0.1) is 0 Å². The zero-order chi connectivity index (χ0) is 18.2. The number of esters is 1. The number of likely N-dealkylation sites (N-methyl/N-ethyl adjacent to an activating group) is 1. The molecule has 1 aliphatic heterocycles. The summed E-state index contributed by atoms with van der Waals surface area (Å²) in [6.07, 6.45) is -1.12. The van der Waals surface area contributed by atoms with Crippen LogP contribution < -0.4 is 10.1 Å². The van der Waals surface area contributed by atoms with Crippen molar-refractivity contribution < 1.29 is 33.5 Å². The Morgan fingerprint density at radius 1 is 1.12 bits per heavy atom. The molecule has 0 saturated carbocycles. The number of ether oxygens (including phenoxy) is 2. The van der Waals surface area contributed by atoms with Crippen molar-refractivity contribution in [3.63, 3.8) is 0 Å². The molecule has 0 unspecified atom stereocenters. The van der Waals surface area contributed by atoms with E-state index in [-0.39, 0.29) is 26.0 Å². The average molecular weight is 350 g/mol. The third-order valence-corrected chi connectivity index (χ3v) is 3.20. The molecule has 9 nitrogen and oxygen atoms in total. The molecule has 0 bridgehead atoms. The first-order valence-corrected chi connectivity index (χ1v) is 7.70. The minimum Gasteiger partial charge on any atom is -0.428 e. The summed E-state index contributed by atoms with van der Waals surface area (Å²) in [6.45, 7) is 2.53. The molecule has 0 aliphatic carbocycles. The highest BCUT2D eigenvalue weighted by atomic mass is 16.8. The molecular formula is C16H18N2O7. The Morgan fingerprint density at radius 3 is 2.36 bits per heavy atom. The molecule has 2 rings (SSSR count). The Hall–Kier alpha value is -2.94. The molecule has 25 heavy (non-hydrogen) atoms. The lowest BCUT2D eigenvalue weighted by atomic mass is 10.2. The van der Waals surface area contributed by atoms with Crippen molar-refractivity contribution in [3.8, 4) is 5.75 Å². The third-order valence-electron chi connectivity index (χ3n) is 3.20. The van der Waals surface area contributed by atoms with Crippen LogP contribution >= 0.6 is 0 Å². The van der Waals surface area contributed by atoms with Crippen LogP contribution in [0.15, 0.2) is 24.3 Å². The van der Waals surface area contributed by atoms with E-state index in [4.69, 9.17) is 9.47 Å². The monoisotopic (exact) mass is 350 g/mol. The SMILES string of the molecule is CCNCC(=O)Oc1ccc(COC(=O)ON2C(=O)CCC2=O)cc1. The number of carbonyl (C=O) groups is 4. The smallest absolute Gasteiger partial charge is 0.428 e. The van der Waals surface area contributed by atoms with Gasteiger partial charge in [0.15, 0.2) is 0 Å². The van der Waals surface area contributed by atoms with Crippen molar-refractivity contribution in [1.82, 2.24) is 10.4 Å². The molecule has 0 spiro atoms. The van der Waals surface area contributed by atoms with Gasteiger partial charge in [0.1, 0.15) is 12.4 Å². The lowest BCUT2D eigenvalue weighted by molar-refractivity contribution is -0.177. The Morgan fingerprint density at radius 2 is 1.76 bits per heavy atom. The topological polar surface area (TPSA) is 111 Å². The normalized spacial score (nSPS) is 13.7. The first-order valence-electron chi connectivity index (χ1n) is 7.70. The van der Waals surface area contributed by atoms with Gasteiger partial charge in [0.2, 0.25) is 0 Å². The van der Waals surface area contributed by atoms with Crippen LogP contribution in [0.1, 0.15) is 25.3 Å². The molecule has 0 radical (unpaired) electrons. The average Bonchev–Trinajstić information content (AvgIpc) is 2.91. The second-order valence-corrected chi connectivity index (χ2v) is 5.11. The fourth-order valence-corrected chi connectivity index (χ4v) is 1.95. The fourth-order valence-electron chi connectivity index (χ4n) is 1.95. The summed E-state index contributed by atoms with van der Waals surface area (Å²) in [5, 5.41) is 3.26. The standard InChI is InChI=1S/C16H18N2O7/c1-2-17-9-15(21)24-12-5-3-11(4-6-12)10-23-16(22)25-18-13(19)7-8-14(18)20/h3-6,17H,2,7-10H2,1H3. The summed E-state index contributed by atoms with van der Waals surface area (Å²) >= 11 is 0. The van der Waals surface area contributed by atoms with Crippen LogP contribution in [-0.2, 0) is 30.6 Å². The van der Waals surface area contributed by atoms with E-state index in [2.05, 4.69) is 10.2 Å². The van der Waals surface area contributed by atoms with Crippen LogP contribution in [0.4, 0.5) is 4.79 Å². The van der Waals surface area contributed by atoms with Gasteiger partial charge in [0, 0.05) is 12.8 Å². The highest BCUT2D eigenvalue weighted by Gasteiger charge is 2.33. The maximum Gasteiger partial charge on any atom is 0.534 e. The highest BCUT2D eigenvalue weighted by molar-refractivity contribution is 6.01. The minimum absolute atomic E-state index is 0.0140. The Kier molecular flexibility index (Phi) is 6.47. The van der Waals surface area contributed by atoms with Crippen molar-refractivity contribution in [1.29, 1.82) is 0 Å². The van der Waals surface area contributed by atoms with Crippen LogP contribution in [0.3, 0.4) is 0 Å². The number of imide groups is 1. The van der Waals surface area contributed by atoms with Gasteiger partial charge in [-0.05, 0) is 24.2 Å². The number of nitrogens with zero attached hydrogens (tertiary/aromatic N) is 1. The first kappa shape index (κ1) is 18.4. The number of hydrogen-bond donors (Lipinski definition) is 1. The third kappa shape index (κ3) is 5.57. The molecule has 1 aromatic rings. The number of benzene rings is 1. The molecule has 1 aliphatic rings. The molecule has 0 aromatic heterocycles. The predicted molar refractivity (Wildman–Crippen MR) is 83.0 cm³/mol. The van der Waals surface area contributed by atoms with Gasteiger partial charge in [0.05, 0.1) is 6.54 Å². The lowest BCUT2D eigenvalue weighted by Gasteiger charge is -2.12. The molecule has 1 N–H and O–H groups in total. The first-order chi connectivity index (χ1) is 12.0. The van der Waals surface area contributed by atoms with Gasteiger partial charge in [0.25, 0.3) is 11.8 Å². The summed E-state index contributed by atoms with van der Waals surface area (Å²) in [5.41, 5.74) is 0.613. The van der Waals surface area contributed by atoms with Gasteiger partial charge in [-0.3, -0.25) is 19.2 Å². The van der Waals surface area contributed by atoms with E-state index in [0.29, 0.717) is 22.9 Å². The van der Waals surface area contributed by atoms with Gasteiger partial charge in [-0.2, -0.15) is 0 Å². The van der Waals surface area contributed by atoms with Gasteiger partial charge in [-0.1, -0.05) is 24.1 Å². The van der Waals surface area contributed by atoms with Crippen molar-refractivity contribution in [3.05, 3.63) is 29.8 Å². The van der Waals surface area contributed by atoms with Crippen molar-refractivity contribution in [2.24, 2.45) is 0 Å². The molecule has 1 saturated heterocycles. The van der Waals surface area contributed by atoms with E-state index < -0.39 is 23.9 Å². The van der Waals surface area contributed by atoms with E-state index >= 15 is 0 Å². The van der Waals surface area contributed by atoms with Crippen molar-refractivity contribution in [2.45, 2.75) is 26.4 Å². The van der Waals surface area contributed by atoms with Crippen molar-refractivity contribution >= 4 is 23.9 Å². The van der Waals surface area contributed by atoms with Gasteiger partial charge in [-0.25, -0.2) is 4.79 Å². The van der Waals surface area contributed by atoms with Crippen LogP contribution in [0.2, 0.25) is 0 Å². The zero-order valence-electron chi connectivity index (χ0n) is 13.6. The summed E-state index contributed by atoms with van der Waals surface area (Å²) < 4.78 is 9.93. The molecular weight excluding hydrogens is 332 g/mol. The Balaban J connectivity index is 1.77. The maximum atomic E-state index is 11.5. The maximum absolute atomic E-state index is 11.5. The number of nitrogens with one attached hydrogen (secondary N) is 1. The lowest BCUT2D eigenvalue weighted by Crippen LogP contribution is -2.32. The molecule has 134 valence electrons. The number of rotatable bonds is 7. The number of hydrogen-bond acceptors (Lipinski definition) is 8. The molecule has 1 fully saturated rings. The summed E-state index contributed by atoms with van der Waals surface area (Å²) in [6, 6.07) is 6.33. The second kappa shape index (κ2) is 8.78. The van der Waals surface area contributed by atoms with E-state index in [1.165, 1.54) is 0 Å². The largest absolute Gasteiger partial charge is 0.534 e. The van der Waals surface area contributed by atoms with Gasteiger partial charge in [-0.15, -0.1) is 0 Å². The van der Waals surface area contributed by atoms with Crippen LogP contribution in [0.25, 0.3) is 0 Å². The van der Waals surface area contributed by atoms with E-state index in [9.17, 15) is 19.2 Å². The number of amides is 2. The second-order valence-electron chi connectivity index (χ2n) is 5.11. The fraction of sp³-hybridized carbons (Fsp3) is 0.375. The zero-order valence-corrected chi connectivity index (χ0v) is 13.6. The molecule has 1 aromatic carbocycles. The number of carbonyl (C=O) groups excluding carboxylic acids is 4. The van der Waals surface area contributed by atoms with Gasteiger partial charge >= 0.3 is 12.1 Å². The summed E-state index contributed by atoms with van der Waals surface area (Å²) in [7, 11) is 0. The van der Waals surface area contributed by atoms with Crippen LogP contribution in [-0.4, -0.2) is 42.1 Å². The van der Waals surface area contributed by atoms with E-state index in [1.54, 1.807) is 24.3 Å². The molecule has 9 heteroatoms. The summed E-state index contributed by atoms with van der Waals surface area (Å²) in [5.74, 6) is -1.20. The van der Waals surface area contributed by atoms with Gasteiger partial charge < -0.3 is 14.8 Å². The predicted octanol–water partition coefficient (Wildman–Crippen LogP) is 0.919. The van der Waals surface area contributed by atoms with E-state index in [1.807, 2.05) is 6.92 Å². The Bertz CT molecular complexity index is 641. The van der Waals surface area contributed by atoms with Crippen molar-refractivity contribution in [2.75, 3.05) is 13.1 Å².